The zero-order valence-electron chi connectivity index (χ0n) is 9.13. The molecule has 0 spiro atoms. The molecular weight excluding hydrogens is 212 g/mol. The summed E-state index contributed by atoms with van der Waals surface area (Å²) in [5.41, 5.74) is 0.348. The molecule has 1 aromatic rings. The normalized spacial score (nSPS) is 21.3. The number of phenols is 1. The van der Waals surface area contributed by atoms with E-state index in [1.807, 2.05) is 0 Å². The number of nitrogens with one attached hydrogen (secondary N) is 1. The molecule has 0 aliphatic carbocycles. The Labute approximate surface area is 93.3 Å². The number of halogens is 2. The van der Waals surface area contributed by atoms with Gasteiger partial charge < -0.3 is 10.4 Å². The second-order valence-corrected chi connectivity index (χ2v) is 4.32. The summed E-state index contributed by atoms with van der Waals surface area (Å²) in [4.78, 5) is 0. The van der Waals surface area contributed by atoms with Gasteiger partial charge in [0.25, 0.3) is 5.92 Å². The molecule has 2 rings (SSSR count). The third kappa shape index (κ3) is 2.02. The number of aromatic hydroxyl groups is 1. The monoisotopic (exact) mass is 227 g/mol. The molecule has 4 heteroatoms. The largest absolute Gasteiger partial charge is 0.507 e. The smallest absolute Gasteiger partial charge is 0.274 e. The van der Waals surface area contributed by atoms with Gasteiger partial charge in [0.05, 0.1) is 5.56 Å². The summed E-state index contributed by atoms with van der Waals surface area (Å²) in [6, 6.07) is 4.59. The van der Waals surface area contributed by atoms with Crippen LogP contribution in [-0.2, 0) is 5.92 Å². The van der Waals surface area contributed by atoms with E-state index in [-0.39, 0.29) is 17.2 Å². The first-order valence-electron chi connectivity index (χ1n) is 5.41. The Morgan fingerprint density at radius 3 is 2.75 bits per heavy atom. The minimum atomic E-state index is -2.99. The Morgan fingerprint density at radius 2 is 2.19 bits per heavy atom. The summed E-state index contributed by atoms with van der Waals surface area (Å²) in [6.07, 6.45) is 0.881. The van der Waals surface area contributed by atoms with Gasteiger partial charge in [-0.3, -0.25) is 0 Å². The van der Waals surface area contributed by atoms with E-state index in [9.17, 15) is 13.9 Å². The van der Waals surface area contributed by atoms with E-state index in [1.165, 1.54) is 6.07 Å². The van der Waals surface area contributed by atoms with E-state index in [2.05, 4.69) is 5.32 Å². The van der Waals surface area contributed by atoms with Crippen LogP contribution in [0.2, 0.25) is 0 Å². The van der Waals surface area contributed by atoms with Gasteiger partial charge in [0, 0.05) is 19.4 Å². The molecule has 1 aliphatic rings. The summed E-state index contributed by atoms with van der Waals surface area (Å²) < 4.78 is 26.4. The highest BCUT2D eigenvalue weighted by Crippen LogP contribution is 2.39. The van der Waals surface area contributed by atoms with Gasteiger partial charge >= 0.3 is 0 Å². The Balaban J connectivity index is 2.40. The van der Waals surface area contributed by atoms with Crippen molar-refractivity contribution in [3.63, 3.8) is 0 Å². The summed E-state index contributed by atoms with van der Waals surface area (Å²) >= 11 is 0. The van der Waals surface area contributed by atoms with Gasteiger partial charge in [-0.15, -0.1) is 0 Å². The van der Waals surface area contributed by atoms with Crippen molar-refractivity contribution in [3.8, 4) is 5.75 Å². The van der Waals surface area contributed by atoms with Gasteiger partial charge in [-0.25, -0.2) is 8.78 Å². The summed E-state index contributed by atoms with van der Waals surface area (Å²) in [5.74, 6) is -3.10. The molecule has 0 bridgehead atoms. The summed E-state index contributed by atoms with van der Waals surface area (Å²) in [6.45, 7) is 2.42. The van der Waals surface area contributed by atoms with Crippen LogP contribution in [0.1, 0.15) is 30.4 Å². The fourth-order valence-corrected chi connectivity index (χ4v) is 2.17. The van der Waals surface area contributed by atoms with Crippen LogP contribution in [0.3, 0.4) is 0 Å². The topological polar surface area (TPSA) is 32.3 Å². The van der Waals surface area contributed by atoms with Gasteiger partial charge in [0.15, 0.2) is 0 Å². The highest BCUT2D eigenvalue weighted by Gasteiger charge is 2.30. The number of benzene rings is 1. The standard InChI is InChI=1S/C12H15F2NO/c1-12(13,14)10-4-2-3-9(11(10)16)8-5-6-15-7-8/h2-4,8,15-16H,5-7H2,1H3. The molecule has 1 fully saturated rings. The minimum Gasteiger partial charge on any atom is -0.507 e. The van der Waals surface area contributed by atoms with Crippen molar-refractivity contribution in [3.05, 3.63) is 29.3 Å². The maximum absolute atomic E-state index is 13.2. The predicted octanol–water partition coefficient (Wildman–Crippen LogP) is 2.58. The molecule has 1 aliphatic heterocycles. The van der Waals surface area contributed by atoms with Gasteiger partial charge in [-0.05, 0) is 24.6 Å². The molecule has 1 atom stereocenters. The van der Waals surface area contributed by atoms with Crippen LogP contribution in [0, 0.1) is 0 Å². The van der Waals surface area contributed by atoms with Crippen molar-refractivity contribution in [1.82, 2.24) is 5.32 Å². The van der Waals surface area contributed by atoms with Crippen LogP contribution >= 0.6 is 0 Å². The number of alkyl halides is 2. The van der Waals surface area contributed by atoms with E-state index >= 15 is 0 Å². The average molecular weight is 227 g/mol. The van der Waals surface area contributed by atoms with E-state index in [0.717, 1.165) is 26.4 Å². The second kappa shape index (κ2) is 4.01. The third-order valence-corrected chi connectivity index (χ3v) is 3.04. The highest BCUT2D eigenvalue weighted by atomic mass is 19.3. The van der Waals surface area contributed by atoms with Crippen LogP contribution in [0.5, 0.6) is 5.75 Å². The lowest BCUT2D eigenvalue weighted by Gasteiger charge is -2.17. The van der Waals surface area contributed by atoms with Gasteiger partial charge in [0.2, 0.25) is 0 Å². The predicted molar refractivity (Wildman–Crippen MR) is 57.9 cm³/mol. The molecular formula is C12H15F2NO. The number of hydrogen-bond donors (Lipinski definition) is 2. The number of para-hydroxylation sites is 1. The first kappa shape index (κ1) is 11.3. The zero-order valence-corrected chi connectivity index (χ0v) is 9.13. The van der Waals surface area contributed by atoms with E-state index in [0.29, 0.717) is 5.56 Å². The maximum atomic E-state index is 13.2. The molecule has 0 amide bonds. The molecule has 1 aromatic carbocycles. The van der Waals surface area contributed by atoms with E-state index in [1.54, 1.807) is 12.1 Å². The Morgan fingerprint density at radius 1 is 1.44 bits per heavy atom. The molecule has 1 saturated heterocycles. The van der Waals surface area contributed by atoms with Crippen molar-refractivity contribution in [2.45, 2.75) is 25.2 Å². The lowest BCUT2D eigenvalue weighted by molar-refractivity contribution is 0.0150. The van der Waals surface area contributed by atoms with Crippen molar-refractivity contribution < 1.29 is 13.9 Å². The third-order valence-electron chi connectivity index (χ3n) is 3.04. The van der Waals surface area contributed by atoms with Crippen LogP contribution in [0.4, 0.5) is 8.78 Å². The fourth-order valence-electron chi connectivity index (χ4n) is 2.17. The molecule has 16 heavy (non-hydrogen) atoms. The molecule has 0 aromatic heterocycles. The van der Waals surface area contributed by atoms with Crippen molar-refractivity contribution in [2.75, 3.05) is 13.1 Å². The quantitative estimate of drug-likeness (QED) is 0.813. The Kier molecular flexibility index (Phi) is 2.84. The van der Waals surface area contributed by atoms with Crippen LogP contribution < -0.4 is 5.32 Å². The van der Waals surface area contributed by atoms with Gasteiger partial charge in [-0.1, -0.05) is 12.1 Å². The zero-order chi connectivity index (χ0) is 11.8. The lowest BCUT2D eigenvalue weighted by atomic mass is 9.94. The molecule has 88 valence electrons. The fraction of sp³-hybridized carbons (Fsp3) is 0.500. The Bertz CT molecular complexity index is 381. The molecule has 0 radical (unpaired) electrons. The van der Waals surface area contributed by atoms with Gasteiger partial charge in [0.1, 0.15) is 5.75 Å². The van der Waals surface area contributed by atoms with Crippen molar-refractivity contribution in [2.24, 2.45) is 0 Å². The Hall–Kier alpha value is -1.16. The van der Waals surface area contributed by atoms with Crippen molar-refractivity contribution in [1.29, 1.82) is 0 Å². The SMILES string of the molecule is CC(F)(F)c1cccc(C2CCNC2)c1O. The first-order valence-corrected chi connectivity index (χ1v) is 5.41. The summed E-state index contributed by atoms with van der Waals surface area (Å²) in [5, 5.41) is 13.0. The molecule has 2 N–H and O–H groups in total. The maximum Gasteiger partial charge on any atom is 0.274 e. The number of phenolic OH excluding ortho intramolecular Hbond substituents is 1. The van der Waals surface area contributed by atoms with Crippen LogP contribution in [-0.4, -0.2) is 18.2 Å². The van der Waals surface area contributed by atoms with Gasteiger partial charge in [-0.2, -0.15) is 0 Å². The van der Waals surface area contributed by atoms with Crippen molar-refractivity contribution >= 4 is 0 Å². The molecule has 2 nitrogen and oxygen atoms in total. The molecule has 0 saturated carbocycles. The second-order valence-electron chi connectivity index (χ2n) is 4.32. The minimum absolute atomic E-state index is 0.141. The van der Waals surface area contributed by atoms with E-state index in [4.69, 9.17) is 0 Å². The first-order chi connectivity index (χ1) is 7.50. The molecule has 1 unspecified atom stereocenters. The van der Waals surface area contributed by atoms with Crippen LogP contribution in [0.15, 0.2) is 18.2 Å². The highest BCUT2D eigenvalue weighted by molar-refractivity contribution is 5.44. The number of rotatable bonds is 2. The summed E-state index contributed by atoms with van der Waals surface area (Å²) in [7, 11) is 0. The van der Waals surface area contributed by atoms with E-state index < -0.39 is 5.92 Å². The molecule has 1 heterocycles. The van der Waals surface area contributed by atoms with Crippen LogP contribution in [0.25, 0.3) is 0 Å². The number of hydrogen-bond acceptors (Lipinski definition) is 2. The average Bonchev–Trinajstić information content (AvgIpc) is 2.69. The lowest BCUT2D eigenvalue weighted by Crippen LogP contribution is -2.11.